The molecule has 2 heterocycles. The Kier molecular flexibility index (Phi) is 3.98. The molecule has 8 heteroatoms. The van der Waals surface area contributed by atoms with Crippen LogP contribution in [0.15, 0.2) is 22.6 Å². The Morgan fingerprint density at radius 2 is 2.04 bits per heavy atom. The van der Waals surface area contributed by atoms with Crippen molar-refractivity contribution in [2.24, 2.45) is 0 Å². The number of rotatable bonds is 3. The summed E-state index contributed by atoms with van der Waals surface area (Å²) in [6.07, 6.45) is 4.22. The third-order valence-electron chi connectivity index (χ3n) is 4.42. The van der Waals surface area contributed by atoms with E-state index in [1.54, 1.807) is 6.07 Å². The molecule has 1 aliphatic carbocycles. The van der Waals surface area contributed by atoms with Crippen LogP contribution in [0.5, 0.6) is 0 Å². The zero-order valence-corrected chi connectivity index (χ0v) is 13.8. The number of halogens is 2. The van der Waals surface area contributed by atoms with Gasteiger partial charge in [-0.1, -0.05) is 24.4 Å². The summed E-state index contributed by atoms with van der Waals surface area (Å²) >= 11 is 5.87. The highest BCUT2D eigenvalue weighted by Crippen LogP contribution is 2.41. The van der Waals surface area contributed by atoms with Crippen LogP contribution in [0.4, 0.5) is 4.39 Å². The fourth-order valence-electron chi connectivity index (χ4n) is 3.19. The Bertz CT molecular complexity index is 968. The van der Waals surface area contributed by atoms with E-state index in [9.17, 15) is 9.65 Å². The predicted molar refractivity (Wildman–Crippen MR) is 88.2 cm³/mol. The van der Waals surface area contributed by atoms with Crippen LogP contribution >= 0.6 is 11.6 Å². The van der Waals surface area contributed by atoms with Crippen LogP contribution in [0.2, 0.25) is 5.02 Å². The zero-order chi connectivity index (χ0) is 17.4. The Balaban J connectivity index is 1.86. The van der Waals surface area contributed by atoms with Crippen LogP contribution in [-0.4, -0.2) is 20.4 Å². The maximum atomic E-state index is 13.4. The molecule has 1 aromatic carbocycles. The highest BCUT2D eigenvalue weighted by atomic mass is 35.5. The maximum absolute atomic E-state index is 13.4. The van der Waals surface area contributed by atoms with Gasteiger partial charge in [0, 0.05) is 11.5 Å². The van der Waals surface area contributed by atoms with Crippen LogP contribution in [-0.2, 0) is 0 Å². The first-order valence-corrected chi connectivity index (χ1v) is 8.32. The number of hydrogen-bond donors (Lipinski definition) is 1. The van der Waals surface area contributed by atoms with E-state index in [2.05, 4.69) is 20.4 Å². The maximum Gasteiger partial charge on any atom is 0.227 e. The summed E-state index contributed by atoms with van der Waals surface area (Å²) in [4.78, 5) is 4.53. The predicted octanol–water partition coefficient (Wildman–Crippen LogP) is 4.45. The van der Waals surface area contributed by atoms with E-state index in [-0.39, 0.29) is 16.6 Å². The summed E-state index contributed by atoms with van der Waals surface area (Å²) in [6, 6.07) is 6.30. The van der Waals surface area contributed by atoms with Gasteiger partial charge in [-0.3, -0.25) is 0 Å². The van der Waals surface area contributed by atoms with Crippen molar-refractivity contribution in [3.63, 3.8) is 0 Å². The van der Waals surface area contributed by atoms with E-state index >= 15 is 0 Å². The van der Waals surface area contributed by atoms with Crippen molar-refractivity contribution in [1.29, 1.82) is 5.26 Å². The molecule has 1 aliphatic rings. The zero-order valence-electron chi connectivity index (χ0n) is 13.1. The van der Waals surface area contributed by atoms with Crippen LogP contribution in [0.3, 0.4) is 0 Å². The highest BCUT2D eigenvalue weighted by molar-refractivity contribution is 6.31. The first-order valence-electron chi connectivity index (χ1n) is 7.94. The topological polar surface area (TPSA) is 91.4 Å². The second kappa shape index (κ2) is 6.30. The molecule has 0 atom stereocenters. The van der Waals surface area contributed by atoms with E-state index in [0.29, 0.717) is 28.6 Å². The second-order valence-corrected chi connectivity index (χ2v) is 6.38. The van der Waals surface area contributed by atoms with Crippen molar-refractivity contribution in [3.8, 4) is 28.9 Å². The van der Waals surface area contributed by atoms with Crippen LogP contribution < -0.4 is 0 Å². The molecule has 2 aromatic heterocycles. The SMILES string of the molecule is N#Cc1n[nH]nc1-c1nc(-c2ccc(F)c(Cl)c2)oc1C1CCCC1. The van der Waals surface area contributed by atoms with Crippen molar-refractivity contribution < 1.29 is 8.81 Å². The van der Waals surface area contributed by atoms with Gasteiger partial charge in [0.15, 0.2) is 11.4 Å². The molecule has 1 saturated carbocycles. The fraction of sp³-hybridized carbons (Fsp3) is 0.294. The lowest BCUT2D eigenvalue weighted by molar-refractivity contribution is 0.473. The Morgan fingerprint density at radius 1 is 1.24 bits per heavy atom. The number of nitriles is 1. The lowest BCUT2D eigenvalue weighted by Crippen LogP contribution is -1.94. The molecule has 0 radical (unpaired) electrons. The lowest BCUT2D eigenvalue weighted by atomic mass is 10.0. The summed E-state index contributed by atoms with van der Waals surface area (Å²) in [5.74, 6) is 0.732. The van der Waals surface area contributed by atoms with Crippen LogP contribution in [0.25, 0.3) is 22.8 Å². The number of aromatic nitrogens is 4. The monoisotopic (exact) mass is 357 g/mol. The van der Waals surface area contributed by atoms with Crippen molar-refractivity contribution in [3.05, 3.63) is 40.5 Å². The Morgan fingerprint density at radius 3 is 2.76 bits per heavy atom. The molecule has 4 rings (SSSR count). The van der Waals surface area contributed by atoms with E-state index in [1.165, 1.54) is 12.1 Å². The molecule has 0 unspecified atom stereocenters. The van der Waals surface area contributed by atoms with Gasteiger partial charge in [0.2, 0.25) is 5.89 Å². The highest BCUT2D eigenvalue weighted by Gasteiger charge is 2.29. The lowest BCUT2D eigenvalue weighted by Gasteiger charge is -2.05. The van der Waals surface area contributed by atoms with Crippen LogP contribution in [0.1, 0.15) is 43.1 Å². The quantitative estimate of drug-likeness (QED) is 0.747. The summed E-state index contributed by atoms with van der Waals surface area (Å²) in [5, 5.41) is 19.6. The van der Waals surface area contributed by atoms with Crippen molar-refractivity contribution in [1.82, 2.24) is 20.4 Å². The third kappa shape index (κ3) is 2.79. The number of H-pyrrole nitrogens is 1. The van der Waals surface area contributed by atoms with Gasteiger partial charge in [0.25, 0.3) is 0 Å². The molecule has 25 heavy (non-hydrogen) atoms. The smallest absolute Gasteiger partial charge is 0.227 e. The molecule has 0 aliphatic heterocycles. The number of nitrogens with one attached hydrogen (secondary N) is 1. The Hall–Kier alpha value is -2.72. The first kappa shape index (κ1) is 15.8. The first-order chi connectivity index (χ1) is 12.2. The van der Waals surface area contributed by atoms with Gasteiger partial charge in [0.1, 0.15) is 23.3 Å². The van der Waals surface area contributed by atoms with Gasteiger partial charge in [-0.15, -0.1) is 5.10 Å². The average Bonchev–Trinajstić information content (AvgIpc) is 3.36. The molecular formula is C17H13ClFN5O. The molecule has 6 nitrogen and oxygen atoms in total. The van der Waals surface area contributed by atoms with E-state index in [4.69, 9.17) is 16.0 Å². The minimum atomic E-state index is -0.503. The van der Waals surface area contributed by atoms with E-state index < -0.39 is 5.82 Å². The molecule has 0 bridgehead atoms. The summed E-state index contributed by atoms with van der Waals surface area (Å²) in [5.41, 5.74) is 1.61. The van der Waals surface area contributed by atoms with E-state index in [0.717, 1.165) is 25.7 Å². The summed E-state index contributed by atoms with van der Waals surface area (Å²) < 4.78 is 19.4. The largest absolute Gasteiger partial charge is 0.440 e. The van der Waals surface area contributed by atoms with Gasteiger partial charge in [-0.05, 0) is 31.0 Å². The molecule has 0 amide bonds. The van der Waals surface area contributed by atoms with Gasteiger partial charge in [-0.2, -0.15) is 15.6 Å². The number of aromatic amines is 1. The molecule has 1 fully saturated rings. The number of nitrogens with zero attached hydrogens (tertiary/aromatic N) is 4. The number of hydrogen-bond acceptors (Lipinski definition) is 5. The summed E-state index contributed by atoms with van der Waals surface area (Å²) in [6.45, 7) is 0. The number of oxazole rings is 1. The standard InChI is InChI=1S/C17H13ClFN5O/c18-11-7-10(5-6-12(11)19)17-21-15(14-13(8-20)22-24-23-14)16(25-17)9-3-1-2-4-9/h5-7,9H,1-4H2,(H,22,23,24). The van der Waals surface area contributed by atoms with Gasteiger partial charge >= 0.3 is 0 Å². The third-order valence-corrected chi connectivity index (χ3v) is 4.71. The molecule has 3 aromatic rings. The molecule has 126 valence electrons. The molecule has 1 N–H and O–H groups in total. The molecular weight excluding hydrogens is 345 g/mol. The molecule has 0 saturated heterocycles. The Labute approximate surface area is 147 Å². The minimum Gasteiger partial charge on any atom is -0.440 e. The number of benzene rings is 1. The van der Waals surface area contributed by atoms with Gasteiger partial charge < -0.3 is 4.42 Å². The van der Waals surface area contributed by atoms with Gasteiger partial charge in [-0.25, -0.2) is 9.37 Å². The van der Waals surface area contributed by atoms with Crippen molar-refractivity contribution in [2.75, 3.05) is 0 Å². The summed E-state index contributed by atoms with van der Waals surface area (Å²) in [7, 11) is 0. The fourth-order valence-corrected chi connectivity index (χ4v) is 3.37. The van der Waals surface area contributed by atoms with Crippen LogP contribution in [0, 0.1) is 17.1 Å². The van der Waals surface area contributed by atoms with Gasteiger partial charge in [0.05, 0.1) is 5.02 Å². The second-order valence-electron chi connectivity index (χ2n) is 5.97. The average molecular weight is 358 g/mol. The van der Waals surface area contributed by atoms with Crippen molar-refractivity contribution in [2.45, 2.75) is 31.6 Å². The van der Waals surface area contributed by atoms with E-state index in [1.807, 2.05) is 6.07 Å². The normalized spacial score (nSPS) is 14.8. The molecule has 0 spiro atoms. The van der Waals surface area contributed by atoms with Crippen molar-refractivity contribution >= 4 is 11.6 Å². The minimum absolute atomic E-state index is 0.00110.